The highest BCUT2D eigenvalue weighted by Gasteiger charge is 2.18. The highest BCUT2D eigenvalue weighted by atomic mass is 19.1. The predicted octanol–water partition coefficient (Wildman–Crippen LogP) is 5.27. The van der Waals surface area contributed by atoms with Crippen LogP contribution in [0.25, 0.3) is 16.9 Å². The van der Waals surface area contributed by atoms with Gasteiger partial charge in [-0.1, -0.05) is 6.07 Å². The fourth-order valence-electron chi connectivity index (χ4n) is 3.17. The number of aryl methyl sites for hydroxylation is 2. The Kier molecular flexibility index (Phi) is 5.21. The summed E-state index contributed by atoms with van der Waals surface area (Å²) in [5.41, 5.74) is 2.98. The van der Waals surface area contributed by atoms with Crippen molar-refractivity contribution in [1.29, 1.82) is 0 Å². The lowest BCUT2D eigenvalue weighted by Crippen LogP contribution is -2.09. The number of rotatable bonds is 5. The van der Waals surface area contributed by atoms with Crippen molar-refractivity contribution in [2.24, 2.45) is 0 Å². The zero-order valence-corrected chi connectivity index (χ0v) is 16.7. The molecule has 0 spiro atoms. The molecule has 2 heterocycles. The average Bonchev–Trinajstić information content (AvgIpc) is 3.13. The standard InChI is InChI=1S/C23H18F2N4O2/c1-13-3-7-17(25)11-20(13)29-21(12-19(28-29)15-5-8-16(24)9-6-15)27-22-18(23(30)31)10-4-14(2)26-22/h3-12H,1-2H3,(H,26,27)(H,30,31). The zero-order valence-electron chi connectivity index (χ0n) is 16.7. The largest absolute Gasteiger partial charge is 0.478 e. The average molecular weight is 420 g/mol. The van der Waals surface area contributed by atoms with Gasteiger partial charge in [-0.15, -0.1) is 0 Å². The molecule has 31 heavy (non-hydrogen) atoms. The summed E-state index contributed by atoms with van der Waals surface area (Å²) in [7, 11) is 0. The van der Waals surface area contributed by atoms with Crippen molar-refractivity contribution in [3.8, 4) is 16.9 Å². The van der Waals surface area contributed by atoms with E-state index in [1.54, 1.807) is 37.3 Å². The van der Waals surface area contributed by atoms with Gasteiger partial charge in [-0.05, 0) is 67.9 Å². The van der Waals surface area contributed by atoms with Gasteiger partial charge in [-0.2, -0.15) is 5.10 Å². The molecule has 4 aromatic rings. The molecule has 0 aliphatic carbocycles. The lowest BCUT2D eigenvalue weighted by atomic mass is 10.1. The predicted molar refractivity (Wildman–Crippen MR) is 113 cm³/mol. The van der Waals surface area contributed by atoms with Gasteiger partial charge in [-0.25, -0.2) is 23.2 Å². The molecule has 0 amide bonds. The van der Waals surface area contributed by atoms with E-state index in [0.717, 1.165) is 5.56 Å². The van der Waals surface area contributed by atoms with E-state index in [4.69, 9.17) is 0 Å². The second-order valence-corrected chi connectivity index (χ2v) is 7.04. The van der Waals surface area contributed by atoms with E-state index in [1.165, 1.54) is 35.0 Å². The fraction of sp³-hybridized carbons (Fsp3) is 0.0870. The maximum absolute atomic E-state index is 14.0. The minimum absolute atomic E-state index is 0.0161. The SMILES string of the molecule is Cc1ccc(C(=O)O)c(Nc2cc(-c3ccc(F)cc3)nn2-c2cc(F)ccc2C)n1. The van der Waals surface area contributed by atoms with Gasteiger partial charge in [0.1, 0.15) is 28.8 Å². The molecule has 0 radical (unpaired) electrons. The number of nitrogens with one attached hydrogen (secondary N) is 1. The van der Waals surface area contributed by atoms with Gasteiger partial charge >= 0.3 is 5.97 Å². The summed E-state index contributed by atoms with van der Waals surface area (Å²) >= 11 is 0. The third kappa shape index (κ3) is 4.13. The number of hydrogen-bond donors (Lipinski definition) is 2. The number of hydrogen-bond acceptors (Lipinski definition) is 4. The number of aromatic carboxylic acids is 1. The molecular formula is C23H18F2N4O2. The number of nitrogens with zero attached hydrogens (tertiary/aromatic N) is 3. The highest BCUT2D eigenvalue weighted by molar-refractivity contribution is 5.94. The van der Waals surface area contributed by atoms with E-state index in [0.29, 0.717) is 28.5 Å². The molecule has 4 rings (SSSR count). The summed E-state index contributed by atoms with van der Waals surface area (Å²) in [5.74, 6) is -1.44. The van der Waals surface area contributed by atoms with Gasteiger partial charge in [0, 0.05) is 17.3 Å². The summed E-state index contributed by atoms with van der Waals surface area (Å²) in [6.07, 6.45) is 0. The van der Waals surface area contributed by atoms with Gasteiger partial charge in [0.2, 0.25) is 0 Å². The quantitative estimate of drug-likeness (QED) is 0.460. The third-order valence-corrected chi connectivity index (χ3v) is 4.76. The van der Waals surface area contributed by atoms with E-state index in [-0.39, 0.29) is 17.2 Å². The number of pyridine rings is 1. The highest BCUT2D eigenvalue weighted by Crippen LogP contribution is 2.29. The van der Waals surface area contributed by atoms with Gasteiger partial charge in [-0.3, -0.25) is 0 Å². The Morgan fingerprint density at radius 3 is 2.39 bits per heavy atom. The van der Waals surface area contributed by atoms with Crippen molar-refractivity contribution < 1.29 is 18.7 Å². The number of halogens is 2. The van der Waals surface area contributed by atoms with Crippen molar-refractivity contribution in [3.63, 3.8) is 0 Å². The molecule has 0 bridgehead atoms. The van der Waals surface area contributed by atoms with Crippen molar-refractivity contribution in [3.05, 3.63) is 89.1 Å². The second kappa shape index (κ2) is 7.98. The number of anilines is 2. The number of carboxylic acids is 1. The second-order valence-electron chi connectivity index (χ2n) is 7.04. The van der Waals surface area contributed by atoms with E-state index in [1.807, 2.05) is 6.92 Å². The Balaban J connectivity index is 1.88. The van der Waals surface area contributed by atoms with Gasteiger partial charge < -0.3 is 10.4 Å². The molecule has 0 fully saturated rings. The lowest BCUT2D eigenvalue weighted by Gasteiger charge is -2.13. The first-order valence-corrected chi connectivity index (χ1v) is 9.42. The summed E-state index contributed by atoms with van der Waals surface area (Å²) in [5, 5.41) is 17.1. The van der Waals surface area contributed by atoms with Crippen LogP contribution in [0, 0.1) is 25.5 Å². The maximum atomic E-state index is 14.0. The Morgan fingerprint density at radius 1 is 0.968 bits per heavy atom. The molecule has 0 atom stereocenters. The lowest BCUT2D eigenvalue weighted by molar-refractivity contribution is 0.0697. The molecule has 0 saturated carbocycles. The first-order chi connectivity index (χ1) is 14.8. The Morgan fingerprint density at radius 2 is 1.68 bits per heavy atom. The first kappa shape index (κ1) is 20.2. The van der Waals surface area contributed by atoms with Crippen LogP contribution in [0.2, 0.25) is 0 Å². The molecular weight excluding hydrogens is 402 g/mol. The van der Waals surface area contributed by atoms with Crippen LogP contribution >= 0.6 is 0 Å². The topological polar surface area (TPSA) is 80.0 Å². The van der Waals surface area contributed by atoms with E-state index in [2.05, 4.69) is 15.4 Å². The van der Waals surface area contributed by atoms with Crippen LogP contribution in [-0.4, -0.2) is 25.8 Å². The van der Waals surface area contributed by atoms with Crippen LogP contribution in [0.5, 0.6) is 0 Å². The van der Waals surface area contributed by atoms with Crippen LogP contribution in [0.3, 0.4) is 0 Å². The number of aromatic nitrogens is 3. The minimum atomic E-state index is -1.14. The molecule has 0 saturated heterocycles. The summed E-state index contributed by atoms with van der Waals surface area (Å²) < 4.78 is 28.8. The molecule has 156 valence electrons. The number of carbonyl (C=O) groups is 1. The molecule has 6 nitrogen and oxygen atoms in total. The van der Waals surface area contributed by atoms with E-state index >= 15 is 0 Å². The molecule has 8 heteroatoms. The Bertz CT molecular complexity index is 1280. The van der Waals surface area contributed by atoms with Crippen LogP contribution in [0.15, 0.2) is 60.7 Å². The maximum Gasteiger partial charge on any atom is 0.339 e. The summed E-state index contributed by atoms with van der Waals surface area (Å²) in [6.45, 7) is 3.56. The van der Waals surface area contributed by atoms with Crippen LogP contribution in [0.4, 0.5) is 20.4 Å². The first-order valence-electron chi connectivity index (χ1n) is 9.42. The van der Waals surface area contributed by atoms with Crippen LogP contribution in [-0.2, 0) is 0 Å². The molecule has 0 aliphatic heterocycles. The van der Waals surface area contributed by atoms with E-state index in [9.17, 15) is 18.7 Å². The van der Waals surface area contributed by atoms with Crippen molar-refractivity contribution in [2.75, 3.05) is 5.32 Å². The summed E-state index contributed by atoms with van der Waals surface area (Å²) in [4.78, 5) is 15.9. The molecule has 2 aromatic carbocycles. The van der Waals surface area contributed by atoms with Crippen molar-refractivity contribution in [1.82, 2.24) is 14.8 Å². The normalized spacial score (nSPS) is 10.8. The third-order valence-electron chi connectivity index (χ3n) is 4.76. The van der Waals surface area contributed by atoms with Gasteiger partial charge in [0.25, 0.3) is 0 Å². The molecule has 0 aliphatic rings. The Hall–Kier alpha value is -4.07. The van der Waals surface area contributed by atoms with Crippen molar-refractivity contribution >= 4 is 17.6 Å². The molecule has 2 N–H and O–H groups in total. The Labute approximate surface area is 176 Å². The zero-order chi connectivity index (χ0) is 22.1. The van der Waals surface area contributed by atoms with Gasteiger partial charge in [0.15, 0.2) is 0 Å². The van der Waals surface area contributed by atoms with Crippen LogP contribution in [0.1, 0.15) is 21.6 Å². The van der Waals surface area contributed by atoms with E-state index < -0.39 is 11.8 Å². The number of carboxylic acid groups (broad SMARTS) is 1. The smallest absolute Gasteiger partial charge is 0.339 e. The number of benzene rings is 2. The van der Waals surface area contributed by atoms with Crippen LogP contribution < -0.4 is 5.32 Å². The van der Waals surface area contributed by atoms with Crippen molar-refractivity contribution in [2.45, 2.75) is 13.8 Å². The summed E-state index contributed by atoms with van der Waals surface area (Å²) in [6, 6.07) is 14.8. The van der Waals surface area contributed by atoms with Gasteiger partial charge in [0.05, 0.1) is 11.4 Å². The molecule has 2 aromatic heterocycles. The minimum Gasteiger partial charge on any atom is -0.478 e. The molecule has 0 unspecified atom stereocenters. The fourth-order valence-corrected chi connectivity index (χ4v) is 3.17. The monoisotopic (exact) mass is 420 g/mol.